The Hall–Kier alpha value is -7.69. The Kier molecular flexibility index (Phi) is 7.78. The molecular weight excluding hydrogens is 695 g/mol. The first-order valence-electron chi connectivity index (χ1n) is 19.2. The van der Waals surface area contributed by atoms with Gasteiger partial charge in [0.2, 0.25) is 0 Å². The Bertz CT molecular complexity index is 3270. The Morgan fingerprint density at radius 1 is 0.281 bits per heavy atom. The summed E-state index contributed by atoms with van der Waals surface area (Å²) in [6.45, 7) is 0. The molecule has 0 aliphatic carbocycles. The van der Waals surface area contributed by atoms with Gasteiger partial charge in [0.05, 0.1) is 5.56 Å². The summed E-state index contributed by atoms with van der Waals surface area (Å²) in [5.74, 6) is 1.75. The van der Waals surface area contributed by atoms with Crippen LogP contribution in [0.3, 0.4) is 0 Å². The van der Waals surface area contributed by atoms with E-state index in [0.717, 1.165) is 55.3 Å². The second-order valence-corrected chi connectivity index (χ2v) is 14.4. The van der Waals surface area contributed by atoms with Crippen LogP contribution in [0.5, 0.6) is 0 Å². The van der Waals surface area contributed by atoms with E-state index in [9.17, 15) is 0 Å². The van der Waals surface area contributed by atoms with E-state index in [1.807, 2.05) is 30.3 Å². The molecule has 0 atom stereocenters. The third-order valence-electron chi connectivity index (χ3n) is 10.9. The zero-order valence-corrected chi connectivity index (χ0v) is 30.8. The summed E-state index contributed by atoms with van der Waals surface area (Å²) < 4.78 is 6.47. The minimum atomic E-state index is 0.559. The van der Waals surface area contributed by atoms with E-state index in [2.05, 4.69) is 170 Å². The van der Waals surface area contributed by atoms with Crippen LogP contribution in [-0.4, -0.2) is 15.0 Å². The third-order valence-corrected chi connectivity index (χ3v) is 10.9. The van der Waals surface area contributed by atoms with Gasteiger partial charge in [0.15, 0.2) is 17.5 Å². The molecule has 0 aliphatic rings. The second-order valence-electron chi connectivity index (χ2n) is 14.4. The van der Waals surface area contributed by atoms with Gasteiger partial charge in [-0.2, -0.15) is 0 Å². The van der Waals surface area contributed by atoms with Gasteiger partial charge >= 0.3 is 0 Å². The SMILES string of the molecule is c1ccc(-c2cc(-c3ccc(-c4nc(-c5ccc(-c6cccc7ccccc67)cc5)nc(-c5cccc6c5oc5ccccc56)n4)cc3)cc3ccccc23)cc1. The summed E-state index contributed by atoms with van der Waals surface area (Å²) >= 11 is 0. The molecule has 0 aliphatic heterocycles. The van der Waals surface area contributed by atoms with Crippen LogP contribution in [0, 0.1) is 0 Å². The molecule has 4 heteroatoms. The number of rotatable bonds is 6. The highest BCUT2D eigenvalue weighted by Crippen LogP contribution is 2.38. The van der Waals surface area contributed by atoms with Crippen molar-refractivity contribution < 1.29 is 4.42 Å². The molecule has 0 unspecified atom stereocenters. The van der Waals surface area contributed by atoms with E-state index < -0.39 is 0 Å². The number of hydrogen-bond donors (Lipinski definition) is 0. The van der Waals surface area contributed by atoms with E-state index in [1.165, 1.54) is 38.2 Å². The average molecular weight is 728 g/mol. The van der Waals surface area contributed by atoms with Gasteiger partial charge in [-0.3, -0.25) is 0 Å². The average Bonchev–Trinajstić information content (AvgIpc) is 3.68. The van der Waals surface area contributed by atoms with Gasteiger partial charge < -0.3 is 4.42 Å². The zero-order chi connectivity index (χ0) is 37.7. The Morgan fingerprint density at radius 2 is 0.789 bits per heavy atom. The summed E-state index contributed by atoms with van der Waals surface area (Å²) in [4.78, 5) is 15.4. The topological polar surface area (TPSA) is 51.8 Å². The molecule has 0 saturated carbocycles. The van der Waals surface area contributed by atoms with Crippen molar-refractivity contribution in [3.05, 3.63) is 200 Å². The standard InChI is InChI=1S/C53H33N3O/c1-2-12-36(13-3-1)48-33-41(32-40-15-5-7-18-44(40)48)34-24-28-38(29-25-34)51-54-52(39-30-26-37(27-31-39)43-20-10-16-35-14-4-6-17-42(35)43)56-53(55-51)47-22-11-21-46-45-19-8-9-23-49(45)57-50(46)47/h1-33H. The molecule has 0 bridgehead atoms. The molecule has 2 heterocycles. The normalized spacial score (nSPS) is 11.5. The minimum Gasteiger partial charge on any atom is -0.455 e. The van der Waals surface area contributed by atoms with Crippen LogP contribution in [0.2, 0.25) is 0 Å². The van der Waals surface area contributed by atoms with Gasteiger partial charge in [0, 0.05) is 21.9 Å². The summed E-state index contributed by atoms with van der Waals surface area (Å²) in [6.07, 6.45) is 0. The second kappa shape index (κ2) is 13.6. The first-order chi connectivity index (χ1) is 28.2. The number of benzene rings is 9. The van der Waals surface area contributed by atoms with Gasteiger partial charge in [-0.15, -0.1) is 0 Å². The number of hydrogen-bond acceptors (Lipinski definition) is 4. The van der Waals surface area contributed by atoms with E-state index in [4.69, 9.17) is 19.4 Å². The highest BCUT2D eigenvalue weighted by atomic mass is 16.3. The monoisotopic (exact) mass is 727 g/mol. The quantitative estimate of drug-likeness (QED) is 0.171. The molecule has 11 aromatic rings. The van der Waals surface area contributed by atoms with Gasteiger partial charge in [0.1, 0.15) is 11.2 Å². The third kappa shape index (κ3) is 5.83. The summed E-state index contributed by atoms with van der Waals surface area (Å²) in [7, 11) is 0. The van der Waals surface area contributed by atoms with Crippen molar-refractivity contribution in [1.82, 2.24) is 15.0 Å². The largest absolute Gasteiger partial charge is 0.455 e. The van der Waals surface area contributed by atoms with Crippen molar-refractivity contribution >= 4 is 43.5 Å². The predicted molar refractivity (Wildman–Crippen MR) is 235 cm³/mol. The molecule has 0 amide bonds. The number of aromatic nitrogens is 3. The fraction of sp³-hybridized carbons (Fsp3) is 0. The number of nitrogens with zero attached hydrogens (tertiary/aromatic N) is 3. The molecule has 0 radical (unpaired) electrons. The van der Waals surface area contributed by atoms with Crippen LogP contribution in [0.15, 0.2) is 205 Å². The van der Waals surface area contributed by atoms with E-state index >= 15 is 0 Å². The molecule has 11 rings (SSSR count). The smallest absolute Gasteiger partial charge is 0.167 e. The van der Waals surface area contributed by atoms with Gasteiger partial charge in [-0.05, 0) is 79.2 Å². The Balaban J connectivity index is 1.03. The Labute approximate surface area is 329 Å². The first-order valence-corrected chi connectivity index (χ1v) is 19.2. The molecule has 57 heavy (non-hydrogen) atoms. The van der Waals surface area contributed by atoms with Crippen LogP contribution < -0.4 is 0 Å². The predicted octanol–water partition coefficient (Wildman–Crippen LogP) is 14.1. The zero-order valence-electron chi connectivity index (χ0n) is 30.8. The number of fused-ring (bicyclic) bond motifs is 5. The molecule has 4 nitrogen and oxygen atoms in total. The fourth-order valence-corrected chi connectivity index (χ4v) is 8.10. The highest BCUT2D eigenvalue weighted by Gasteiger charge is 2.18. The highest BCUT2D eigenvalue weighted by molar-refractivity contribution is 6.09. The summed E-state index contributed by atoms with van der Waals surface area (Å²) in [6, 6.07) is 70.1. The molecule has 266 valence electrons. The van der Waals surface area contributed by atoms with Gasteiger partial charge in [0.25, 0.3) is 0 Å². The maximum Gasteiger partial charge on any atom is 0.167 e. The number of para-hydroxylation sites is 2. The first kappa shape index (κ1) is 32.7. The Morgan fingerprint density at radius 3 is 1.54 bits per heavy atom. The van der Waals surface area contributed by atoms with Crippen LogP contribution in [-0.2, 0) is 0 Å². The van der Waals surface area contributed by atoms with Crippen molar-refractivity contribution in [2.24, 2.45) is 0 Å². The van der Waals surface area contributed by atoms with E-state index in [1.54, 1.807) is 0 Å². The lowest BCUT2D eigenvalue weighted by Gasteiger charge is -2.12. The van der Waals surface area contributed by atoms with Crippen molar-refractivity contribution in [3.63, 3.8) is 0 Å². The maximum atomic E-state index is 6.47. The van der Waals surface area contributed by atoms with Crippen LogP contribution >= 0.6 is 0 Å². The van der Waals surface area contributed by atoms with Crippen LogP contribution in [0.4, 0.5) is 0 Å². The van der Waals surface area contributed by atoms with Crippen molar-refractivity contribution in [3.8, 4) is 67.5 Å². The minimum absolute atomic E-state index is 0.559. The van der Waals surface area contributed by atoms with Gasteiger partial charge in [-0.1, -0.05) is 176 Å². The number of furan rings is 1. The molecule has 0 fully saturated rings. The van der Waals surface area contributed by atoms with Crippen LogP contribution in [0.1, 0.15) is 0 Å². The summed E-state index contributed by atoms with van der Waals surface area (Å²) in [5.41, 5.74) is 11.2. The molecule has 2 aromatic heterocycles. The molecule has 0 N–H and O–H groups in total. The molecule has 0 saturated heterocycles. The maximum absolute atomic E-state index is 6.47. The van der Waals surface area contributed by atoms with Crippen molar-refractivity contribution in [1.29, 1.82) is 0 Å². The van der Waals surface area contributed by atoms with Crippen LogP contribution in [0.25, 0.3) is 111 Å². The van der Waals surface area contributed by atoms with E-state index in [-0.39, 0.29) is 0 Å². The van der Waals surface area contributed by atoms with Crippen molar-refractivity contribution in [2.45, 2.75) is 0 Å². The van der Waals surface area contributed by atoms with Gasteiger partial charge in [-0.25, -0.2) is 15.0 Å². The lowest BCUT2D eigenvalue weighted by molar-refractivity contribution is 0.669. The lowest BCUT2D eigenvalue weighted by atomic mass is 9.93. The molecule has 0 spiro atoms. The molecular formula is C53H33N3O. The van der Waals surface area contributed by atoms with E-state index in [0.29, 0.717) is 17.5 Å². The summed E-state index contributed by atoms with van der Waals surface area (Å²) in [5, 5.41) is 6.97. The lowest BCUT2D eigenvalue weighted by Crippen LogP contribution is -2.00. The molecule has 9 aromatic carbocycles. The van der Waals surface area contributed by atoms with Crippen molar-refractivity contribution in [2.75, 3.05) is 0 Å². The fourth-order valence-electron chi connectivity index (χ4n) is 8.10.